The van der Waals surface area contributed by atoms with Crippen molar-refractivity contribution < 1.29 is 24.2 Å². The molecule has 1 fully saturated rings. The van der Waals surface area contributed by atoms with Crippen molar-refractivity contribution >= 4 is 17.6 Å². The Balaban J connectivity index is 2.18. The number of nitrogens with one attached hydrogen (secondary N) is 1. The number of aliphatic carboxylic acids is 1. The van der Waals surface area contributed by atoms with Crippen molar-refractivity contribution in [3.8, 4) is 11.5 Å². The first kappa shape index (κ1) is 16.1. The molecule has 1 aliphatic carbocycles. The molecular formula is C16H21NO5. The first-order chi connectivity index (χ1) is 10.6. The molecule has 0 saturated heterocycles. The Hall–Kier alpha value is -2.24. The summed E-state index contributed by atoms with van der Waals surface area (Å²) in [6.07, 6.45) is 2.86. The van der Waals surface area contributed by atoms with Crippen LogP contribution in [-0.4, -0.2) is 31.2 Å². The number of carbonyl (C=O) groups excluding carboxylic acids is 1. The van der Waals surface area contributed by atoms with Crippen LogP contribution in [0, 0.1) is 11.8 Å². The van der Waals surface area contributed by atoms with E-state index in [1.54, 1.807) is 18.2 Å². The molecule has 1 aliphatic rings. The summed E-state index contributed by atoms with van der Waals surface area (Å²) >= 11 is 0. The lowest BCUT2D eigenvalue weighted by Crippen LogP contribution is -2.36. The Labute approximate surface area is 129 Å². The highest BCUT2D eigenvalue weighted by Gasteiger charge is 2.35. The van der Waals surface area contributed by atoms with E-state index in [4.69, 9.17) is 9.47 Å². The van der Waals surface area contributed by atoms with Crippen molar-refractivity contribution in [3.63, 3.8) is 0 Å². The number of rotatable bonds is 5. The molecule has 0 unspecified atom stereocenters. The lowest BCUT2D eigenvalue weighted by atomic mass is 9.78. The van der Waals surface area contributed by atoms with Gasteiger partial charge in [-0.3, -0.25) is 9.59 Å². The number of carbonyl (C=O) groups is 2. The summed E-state index contributed by atoms with van der Waals surface area (Å²) in [4.78, 5) is 23.8. The van der Waals surface area contributed by atoms with Crippen LogP contribution in [0.3, 0.4) is 0 Å². The molecule has 1 aromatic rings. The third kappa shape index (κ3) is 3.50. The second-order valence-electron chi connectivity index (χ2n) is 5.39. The van der Waals surface area contributed by atoms with Crippen LogP contribution < -0.4 is 14.8 Å². The zero-order valence-corrected chi connectivity index (χ0v) is 12.8. The van der Waals surface area contributed by atoms with Gasteiger partial charge < -0.3 is 19.9 Å². The molecule has 0 radical (unpaired) electrons. The SMILES string of the molecule is COc1ccc(OC)c(NC(=O)[C@H]2CCCC[C@H]2C(=O)O)c1. The zero-order chi connectivity index (χ0) is 16.1. The summed E-state index contributed by atoms with van der Waals surface area (Å²) in [6.45, 7) is 0. The van der Waals surface area contributed by atoms with Crippen molar-refractivity contribution in [2.24, 2.45) is 11.8 Å². The molecule has 0 heterocycles. The highest BCUT2D eigenvalue weighted by molar-refractivity contribution is 5.96. The molecule has 1 saturated carbocycles. The van der Waals surface area contributed by atoms with Gasteiger partial charge in [0, 0.05) is 6.07 Å². The van der Waals surface area contributed by atoms with Crippen LogP contribution in [-0.2, 0) is 9.59 Å². The fraction of sp³-hybridized carbons (Fsp3) is 0.500. The van der Waals surface area contributed by atoms with E-state index >= 15 is 0 Å². The third-order valence-electron chi connectivity index (χ3n) is 4.08. The molecule has 0 aliphatic heterocycles. The lowest BCUT2D eigenvalue weighted by Gasteiger charge is -2.27. The molecule has 6 nitrogen and oxygen atoms in total. The quantitative estimate of drug-likeness (QED) is 0.873. The molecule has 2 rings (SSSR count). The monoisotopic (exact) mass is 307 g/mol. The number of amides is 1. The molecule has 0 spiro atoms. The Bertz CT molecular complexity index is 557. The fourth-order valence-corrected chi connectivity index (χ4v) is 2.88. The molecule has 0 bridgehead atoms. The van der Waals surface area contributed by atoms with Crippen LogP contribution in [0.4, 0.5) is 5.69 Å². The third-order valence-corrected chi connectivity index (χ3v) is 4.08. The van der Waals surface area contributed by atoms with Gasteiger partial charge in [0.25, 0.3) is 0 Å². The number of carboxylic acids is 1. The van der Waals surface area contributed by atoms with Crippen molar-refractivity contribution in [3.05, 3.63) is 18.2 Å². The molecule has 6 heteroatoms. The summed E-state index contributed by atoms with van der Waals surface area (Å²) in [5.41, 5.74) is 0.488. The van der Waals surface area contributed by atoms with E-state index < -0.39 is 17.8 Å². The number of hydrogen-bond donors (Lipinski definition) is 2. The largest absolute Gasteiger partial charge is 0.497 e. The number of hydrogen-bond acceptors (Lipinski definition) is 4. The van der Waals surface area contributed by atoms with Crippen molar-refractivity contribution in [1.82, 2.24) is 0 Å². The van der Waals surface area contributed by atoms with Gasteiger partial charge in [0.05, 0.1) is 31.7 Å². The van der Waals surface area contributed by atoms with E-state index in [1.165, 1.54) is 14.2 Å². The summed E-state index contributed by atoms with van der Waals surface area (Å²) in [5, 5.41) is 12.1. The molecule has 22 heavy (non-hydrogen) atoms. The van der Waals surface area contributed by atoms with Gasteiger partial charge in [-0.05, 0) is 25.0 Å². The van der Waals surface area contributed by atoms with Crippen molar-refractivity contribution in [1.29, 1.82) is 0 Å². The molecule has 0 aromatic heterocycles. The maximum Gasteiger partial charge on any atom is 0.307 e. The zero-order valence-electron chi connectivity index (χ0n) is 12.8. The van der Waals surface area contributed by atoms with Gasteiger partial charge in [0.1, 0.15) is 11.5 Å². The van der Waals surface area contributed by atoms with Gasteiger partial charge in [0.15, 0.2) is 0 Å². The van der Waals surface area contributed by atoms with E-state index in [2.05, 4.69) is 5.32 Å². The highest BCUT2D eigenvalue weighted by Crippen LogP contribution is 2.34. The Kier molecular flexibility index (Phi) is 5.25. The molecule has 2 atom stereocenters. The highest BCUT2D eigenvalue weighted by atomic mass is 16.5. The number of anilines is 1. The second-order valence-corrected chi connectivity index (χ2v) is 5.39. The van der Waals surface area contributed by atoms with E-state index in [1.807, 2.05) is 0 Å². The lowest BCUT2D eigenvalue weighted by molar-refractivity contribution is -0.147. The average Bonchev–Trinajstić information content (AvgIpc) is 2.54. The first-order valence-electron chi connectivity index (χ1n) is 7.32. The number of methoxy groups -OCH3 is 2. The van der Waals surface area contributed by atoms with E-state index in [9.17, 15) is 14.7 Å². The van der Waals surface area contributed by atoms with Crippen LogP contribution in [0.1, 0.15) is 25.7 Å². The smallest absolute Gasteiger partial charge is 0.307 e. The first-order valence-corrected chi connectivity index (χ1v) is 7.32. The van der Waals surface area contributed by atoms with Gasteiger partial charge in [-0.15, -0.1) is 0 Å². The van der Waals surface area contributed by atoms with E-state index in [-0.39, 0.29) is 5.91 Å². The Morgan fingerprint density at radius 1 is 1.14 bits per heavy atom. The van der Waals surface area contributed by atoms with Crippen LogP contribution in [0.5, 0.6) is 11.5 Å². The number of ether oxygens (including phenoxy) is 2. The minimum Gasteiger partial charge on any atom is -0.497 e. The average molecular weight is 307 g/mol. The fourth-order valence-electron chi connectivity index (χ4n) is 2.88. The van der Waals surface area contributed by atoms with Crippen molar-refractivity contribution in [2.75, 3.05) is 19.5 Å². The predicted octanol–water partition coefficient (Wildman–Crippen LogP) is 2.53. The Morgan fingerprint density at radius 3 is 2.41 bits per heavy atom. The molecule has 120 valence electrons. The summed E-state index contributed by atoms with van der Waals surface area (Å²) < 4.78 is 10.4. The second kappa shape index (κ2) is 7.15. The number of benzene rings is 1. The van der Waals surface area contributed by atoms with Crippen LogP contribution in [0.2, 0.25) is 0 Å². The van der Waals surface area contributed by atoms with Gasteiger partial charge in [-0.1, -0.05) is 12.8 Å². The predicted molar refractivity (Wildman–Crippen MR) is 81.3 cm³/mol. The van der Waals surface area contributed by atoms with E-state index in [0.717, 1.165) is 12.8 Å². The van der Waals surface area contributed by atoms with Crippen LogP contribution in [0.25, 0.3) is 0 Å². The minimum absolute atomic E-state index is 0.279. The molecule has 1 amide bonds. The summed E-state index contributed by atoms with van der Waals surface area (Å²) in [7, 11) is 3.05. The minimum atomic E-state index is -0.905. The van der Waals surface area contributed by atoms with Gasteiger partial charge in [0.2, 0.25) is 5.91 Å². The summed E-state index contributed by atoms with van der Waals surface area (Å²) in [5.74, 6) is -1.21. The van der Waals surface area contributed by atoms with E-state index in [0.29, 0.717) is 30.0 Å². The van der Waals surface area contributed by atoms with Gasteiger partial charge in [-0.2, -0.15) is 0 Å². The van der Waals surface area contributed by atoms with Gasteiger partial charge >= 0.3 is 5.97 Å². The standard InChI is InChI=1S/C16H21NO5/c1-21-10-7-8-14(22-2)13(9-10)17-15(18)11-5-3-4-6-12(11)16(19)20/h7-9,11-12H,3-6H2,1-2H3,(H,17,18)(H,19,20)/t11-,12+/m0/s1. The van der Waals surface area contributed by atoms with Crippen LogP contribution in [0.15, 0.2) is 18.2 Å². The Morgan fingerprint density at radius 2 is 1.82 bits per heavy atom. The maximum absolute atomic E-state index is 12.5. The molecule has 1 aromatic carbocycles. The van der Waals surface area contributed by atoms with Crippen molar-refractivity contribution in [2.45, 2.75) is 25.7 Å². The van der Waals surface area contributed by atoms with Crippen LogP contribution >= 0.6 is 0 Å². The van der Waals surface area contributed by atoms with Gasteiger partial charge in [-0.25, -0.2) is 0 Å². The molecule has 2 N–H and O–H groups in total. The topological polar surface area (TPSA) is 84.9 Å². The normalized spacial score (nSPS) is 21.0. The molecular weight excluding hydrogens is 286 g/mol. The number of carboxylic acid groups (broad SMARTS) is 1. The summed E-state index contributed by atoms with van der Waals surface area (Å²) in [6, 6.07) is 5.09. The maximum atomic E-state index is 12.5.